The fourth-order valence-corrected chi connectivity index (χ4v) is 5.81. The number of anilines is 1. The highest BCUT2D eigenvalue weighted by Gasteiger charge is 2.37. The first-order valence-corrected chi connectivity index (χ1v) is 14.8. The number of carbonyl (C=O) groups excluding carboxylic acids is 2. The Hall–Kier alpha value is -3.34. The normalized spacial score (nSPS) is 15.4. The van der Waals surface area contributed by atoms with Crippen LogP contribution in [-0.4, -0.2) is 54.5 Å². The highest BCUT2D eigenvalue weighted by molar-refractivity contribution is 6.88. The van der Waals surface area contributed by atoms with Crippen LogP contribution in [0.2, 0.25) is 19.6 Å². The number of carbonyl (C=O) groups is 3. The number of pyridine rings is 1. The fourth-order valence-electron chi connectivity index (χ4n) is 4.24. The second-order valence-corrected chi connectivity index (χ2v) is 14.4. The average Bonchev–Trinajstić information content (AvgIpc) is 2.75. The molecule has 1 aliphatic rings. The van der Waals surface area contributed by atoms with Crippen LogP contribution in [0.25, 0.3) is 0 Å². The third-order valence-electron chi connectivity index (χ3n) is 5.80. The Kier molecular flexibility index (Phi) is 7.89. The molecule has 11 heteroatoms. The Bertz CT molecular complexity index is 1130. The molecule has 188 valence electrons. The molecule has 8 nitrogen and oxygen atoms in total. The van der Waals surface area contributed by atoms with E-state index in [0.29, 0.717) is 23.6 Å². The van der Waals surface area contributed by atoms with Crippen LogP contribution in [0.15, 0.2) is 24.3 Å². The summed E-state index contributed by atoms with van der Waals surface area (Å²) in [5, 5.41) is 11.5. The molecule has 2 N–H and O–H groups in total. The minimum atomic E-state index is -2.30. The molecule has 0 spiro atoms. The van der Waals surface area contributed by atoms with Gasteiger partial charge < -0.3 is 20.1 Å². The lowest BCUT2D eigenvalue weighted by molar-refractivity contribution is -0.140. The standard InChI is InChI=1S/C24H29F2N3O5Si/c1-34-19-9-8-15-18(28-19)10-11-29(20(30)6-5-7-21(31)32)22(15)24(33)27-14-12-16(25)23(17(26)13-14)35(2,3)4/h8-9,12-13,22H,5-7,10-11H2,1-4H3,(H,27,33)(H,31,32)/t22-/m1/s1. The number of ether oxygens (including phenoxy) is 1. The Morgan fingerprint density at radius 2 is 1.83 bits per heavy atom. The number of benzene rings is 1. The summed E-state index contributed by atoms with van der Waals surface area (Å²) in [6.45, 7) is 5.64. The summed E-state index contributed by atoms with van der Waals surface area (Å²) in [4.78, 5) is 42.9. The van der Waals surface area contributed by atoms with Crippen molar-refractivity contribution in [3.8, 4) is 5.88 Å². The van der Waals surface area contributed by atoms with Crippen LogP contribution in [0, 0.1) is 11.6 Å². The van der Waals surface area contributed by atoms with Gasteiger partial charge >= 0.3 is 5.97 Å². The molecule has 3 rings (SSSR count). The summed E-state index contributed by atoms with van der Waals surface area (Å²) >= 11 is 0. The molecule has 35 heavy (non-hydrogen) atoms. The van der Waals surface area contributed by atoms with Crippen LogP contribution in [0.5, 0.6) is 5.88 Å². The summed E-state index contributed by atoms with van der Waals surface area (Å²) in [5.74, 6) is -3.15. The van der Waals surface area contributed by atoms with Gasteiger partial charge in [0.1, 0.15) is 17.7 Å². The lowest BCUT2D eigenvalue weighted by Crippen LogP contribution is -2.46. The zero-order chi connectivity index (χ0) is 25.9. The van der Waals surface area contributed by atoms with Gasteiger partial charge in [-0.2, -0.15) is 0 Å². The van der Waals surface area contributed by atoms with Crippen molar-refractivity contribution in [1.82, 2.24) is 9.88 Å². The number of carboxylic acid groups (broad SMARTS) is 1. The van der Waals surface area contributed by atoms with E-state index in [-0.39, 0.29) is 42.6 Å². The van der Waals surface area contributed by atoms with Crippen molar-refractivity contribution in [2.45, 2.75) is 51.4 Å². The van der Waals surface area contributed by atoms with Crippen molar-refractivity contribution in [3.05, 3.63) is 47.2 Å². The third kappa shape index (κ3) is 6.02. The average molecular weight is 506 g/mol. The van der Waals surface area contributed by atoms with Gasteiger partial charge in [-0.3, -0.25) is 14.4 Å². The Balaban J connectivity index is 1.93. The number of aliphatic carboxylic acids is 1. The van der Waals surface area contributed by atoms with Crippen molar-refractivity contribution in [3.63, 3.8) is 0 Å². The van der Waals surface area contributed by atoms with Gasteiger partial charge in [-0.1, -0.05) is 19.6 Å². The lowest BCUT2D eigenvalue weighted by atomic mass is 9.95. The van der Waals surface area contributed by atoms with E-state index in [1.807, 2.05) is 19.6 Å². The van der Waals surface area contributed by atoms with Crippen LogP contribution in [0.4, 0.5) is 14.5 Å². The molecule has 0 saturated carbocycles. The molecule has 1 aliphatic heterocycles. The summed E-state index contributed by atoms with van der Waals surface area (Å²) < 4.78 is 34.6. The number of nitrogens with zero attached hydrogens (tertiary/aromatic N) is 2. The number of aromatic nitrogens is 1. The summed E-state index contributed by atoms with van der Waals surface area (Å²) in [6, 6.07) is 4.28. The molecule has 0 fully saturated rings. The second-order valence-electron chi connectivity index (χ2n) is 9.43. The van der Waals surface area contributed by atoms with Gasteiger partial charge in [0.05, 0.1) is 20.9 Å². The highest BCUT2D eigenvalue weighted by atomic mass is 28.3. The largest absolute Gasteiger partial charge is 0.481 e. The van der Waals surface area contributed by atoms with Crippen LogP contribution in [-0.2, 0) is 20.8 Å². The maximum Gasteiger partial charge on any atom is 0.303 e. The lowest BCUT2D eigenvalue weighted by Gasteiger charge is -2.36. The quantitative estimate of drug-likeness (QED) is 0.534. The highest BCUT2D eigenvalue weighted by Crippen LogP contribution is 2.32. The number of hydrogen-bond acceptors (Lipinski definition) is 5. The predicted molar refractivity (Wildman–Crippen MR) is 128 cm³/mol. The van der Waals surface area contributed by atoms with Gasteiger partial charge in [-0.15, -0.1) is 0 Å². The van der Waals surface area contributed by atoms with Gasteiger partial charge in [-0.05, 0) is 24.6 Å². The van der Waals surface area contributed by atoms with Gasteiger partial charge in [0.25, 0.3) is 5.91 Å². The fraction of sp³-hybridized carbons (Fsp3) is 0.417. The molecule has 1 aromatic carbocycles. The summed E-state index contributed by atoms with van der Waals surface area (Å²) in [7, 11) is -0.833. The molecule has 0 radical (unpaired) electrons. The maximum atomic E-state index is 14.7. The van der Waals surface area contributed by atoms with Crippen molar-refractivity contribution in [1.29, 1.82) is 0 Å². The van der Waals surface area contributed by atoms with E-state index in [1.54, 1.807) is 12.1 Å². The molecule has 1 aromatic heterocycles. The van der Waals surface area contributed by atoms with Gasteiger partial charge in [0.15, 0.2) is 0 Å². The molecule has 1 atom stereocenters. The number of fused-ring (bicyclic) bond motifs is 1. The predicted octanol–water partition coefficient (Wildman–Crippen LogP) is 3.23. The molecule has 0 saturated heterocycles. The SMILES string of the molecule is COc1ccc2c(n1)CCN(C(=O)CCCC(=O)O)[C@H]2C(=O)Nc1cc(F)c([Si](C)(C)C)c(F)c1. The van der Waals surface area contributed by atoms with E-state index < -0.39 is 37.6 Å². The van der Waals surface area contributed by atoms with E-state index in [2.05, 4.69) is 10.3 Å². The number of halogens is 2. The van der Waals surface area contributed by atoms with Crippen LogP contribution >= 0.6 is 0 Å². The Morgan fingerprint density at radius 3 is 2.40 bits per heavy atom. The Labute approximate surface area is 203 Å². The topological polar surface area (TPSA) is 109 Å². The molecule has 2 aromatic rings. The van der Waals surface area contributed by atoms with Gasteiger partial charge in [0.2, 0.25) is 11.8 Å². The van der Waals surface area contributed by atoms with Crippen LogP contribution in [0.1, 0.15) is 36.6 Å². The van der Waals surface area contributed by atoms with Crippen LogP contribution in [0.3, 0.4) is 0 Å². The number of nitrogens with one attached hydrogen (secondary N) is 1. The first-order valence-electron chi connectivity index (χ1n) is 11.3. The molecule has 0 aliphatic carbocycles. The van der Waals surface area contributed by atoms with Crippen molar-refractivity contribution >= 4 is 36.7 Å². The molecule has 0 bridgehead atoms. The van der Waals surface area contributed by atoms with E-state index in [0.717, 1.165) is 12.1 Å². The van der Waals surface area contributed by atoms with E-state index >= 15 is 0 Å². The third-order valence-corrected chi connectivity index (χ3v) is 7.78. The minimum absolute atomic E-state index is 0.0463. The number of methoxy groups -OCH3 is 1. The Morgan fingerprint density at radius 1 is 1.17 bits per heavy atom. The van der Waals surface area contributed by atoms with Crippen molar-refractivity contribution in [2.75, 3.05) is 19.0 Å². The second kappa shape index (κ2) is 10.5. The molecule has 2 heterocycles. The minimum Gasteiger partial charge on any atom is -0.481 e. The van der Waals surface area contributed by atoms with Crippen molar-refractivity contribution in [2.24, 2.45) is 0 Å². The summed E-state index contributed by atoms with van der Waals surface area (Å²) in [6.07, 6.45) is 0.271. The molecular weight excluding hydrogens is 476 g/mol. The molecule has 2 amide bonds. The van der Waals surface area contributed by atoms with E-state index in [9.17, 15) is 23.2 Å². The molecule has 0 unspecified atom stereocenters. The van der Waals surface area contributed by atoms with E-state index in [4.69, 9.17) is 9.84 Å². The number of hydrogen-bond donors (Lipinski definition) is 2. The smallest absolute Gasteiger partial charge is 0.303 e. The first-order chi connectivity index (χ1) is 16.4. The maximum absolute atomic E-state index is 14.7. The van der Waals surface area contributed by atoms with Crippen molar-refractivity contribution < 1.29 is 33.0 Å². The zero-order valence-corrected chi connectivity index (χ0v) is 21.2. The number of rotatable bonds is 8. The number of amides is 2. The zero-order valence-electron chi connectivity index (χ0n) is 20.2. The molecular formula is C24H29F2N3O5Si. The summed E-state index contributed by atoms with van der Waals surface area (Å²) in [5.41, 5.74) is 0.991. The first kappa shape index (κ1) is 26.3. The van der Waals surface area contributed by atoms with Crippen LogP contribution < -0.4 is 15.2 Å². The van der Waals surface area contributed by atoms with Gasteiger partial charge in [0, 0.05) is 48.3 Å². The monoisotopic (exact) mass is 505 g/mol. The van der Waals surface area contributed by atoms with E-state index in [1.165, 1.54) is 12.0 Å². The number of carboxylic acids is 1. The van der Waals surface area contributed by atoms with Gasteiger partial charge in [-0.25, -0.2) is 13.8 Å².